The molecule has 1 aromatic carbocycles. The average Bonchev–Trinajstić information content (AvgIpc) is 3.07. The Morgan fingerprint density at radius 1 is 1.28 bits per heavy atom. The van der Waals surface area contributed by atoms with Gasteiger partial charge in [0.1, 0.15) is 5.75 Å². The maximum Gasteiger partial charge on any atom is 0.321 e. The highest BCUT2D eigenvalue weighted by atomic mass is 35.5. The molecule has 1 aromatic heterocycles. The Hall–Kier alpha value is -2.59. The van der Waals surface area contributed by atoms with Gasteiger partial charge in [-0.3, -0.25) is 14.9 Å². The second-order valence-electron chi connectivity index (χ2n) is 4.43. The zero-order chi connectivity index (χ0) is 18.2. The number of benzene rings is 1. The number of nitrogens with one attached hydrogen (secondary N) is 2. The van der Waals surface area contributed by atoms with Gasteiger partial charge in [0.25, 0.3) is 11.1 Å². The SMILES string of the molecule is CNC(=O)NC(=O)COC(=O)CSc1nnc(-c2ccccc2Cl)o1. The van der Waals surface area contributed by atoms with Crippen molar-refractivity contribution in [3.05, 3.63) is 29.3 Å². The third-order valence-electron chi connectivity index (χ3n) is 2.67. The number of aromatic nitrogens is 2. The van der Waals surface area contributed by atoms with Crippen LogP contribution in [-0.2, 0) is 14.3 Å². The molecule has 25 heavy (non-hydrogen) atoms. The van der Waals surface area contributed by atoms with E-state index in [4.69, 9.17) is 20.8 Å². The van der Waals surface area contributed by atoms with E-state index >= 15 is 0 Å². The summed E-state index contributed by atoms with van der Waals surface area (Å²) in [5.74, 6) is -1.32. The highest BCUT2D eigenvalue weighted by Crippen LogP contribution is 2.28. The third kappa shape index (κ3) is 5.76. The molecule has 3 amide bonds. The molecule has 0 aliphatic carbocycles. The summed E-state index contributed by atoms with van der Waals surface area (Å²) >= 11 is 6.99. The predicted molar refractivity (Wildman–Crippen MR) is 89.0 cm³/mol. The molecule has 0 unspecified atom stereocenters. The van der Waals surface area contributed by atoms with E-state index in [-0.39, 0.29) is 16.9 Å². The molecule has 0 radical (unpaired) electrons. The Balaban J connectivity index is 1.80. The van der Waals surface area contributed by atoms with E-state index in [2.05, 4.69) is 15.5 Å². The summed E-state index contributed by atoms with van der Waals surface area (Å²) in [6.45, 7) is -0.568. The number of rotatable bonds is 6. The van der Waals surface area contributed by atoms with E-state index in [1.54, 1.807) is 24.3 Å². The van der Waals surface area contributed by atoms with E-state index in [9.17, 15) is 14.4 Å². The number of urea groups is 1. The van der Waals surface area contributed by atoms with Crippen molar-refractivity contribution in [2.24, 2.45) is 0 Å². The van der Waals surface area contributed by atoms with E-state index in [1.165, 1.54) is 7.05 Å². The normalized spacial score (nSPS) is 10.2. The first-order valence-electron chi connectivity index (χ1n) is 6.88. The summed E-state index contributed by atoms with van der Waals surface area (Å²) in [7, 11) is 1.35. The van der Waals surface area contributed by atoms with Crippen LogP contribution in [0.2, 0.25) is 5.02 Å². The summed E-state index contributed by atoms with van der Waals surface area (Å²) in [5.41, 5.74) is 0.581. The molecule has 1 heterocycles. The fourth-order valence-electron chi connectivity index (χ4n) is 1.55. The van der Waals surface area contributed by atoms with Crippen LogP contribution in [0.15, 0.2) is 33.9 Å². The van der Waals surface area contributed by atoms with E-state index in [1.807, 2.05) is 5.32 Å². The number of carbonyl (C=O) groups excluding carboxylic acids is 3. The monoisotopic (exact) mass is 384 g/mol. The van der Waals surface area contributed by atoms with E-state index in [0.29, 0.717) is 10.6 Å². The second kappa shape index (κ2) is 9.04. The Morgan fingerprint density at radius 3 is 2.76 bits per heavy atom. The van der Waals surface area contributed by atoms with Crippen LogP contribution in [0.4, 0.5) is 4.79 Å². The number of hydrogen-bond donors (Lipinski definition) is 2. The molecule has 0 aliphatic rings. The van der Waals surface area contributed by atoms with E-state index < -0.39 is 24.5 Å². The van der Waals surface area contributed by atoms with Crippen LogP contribution in [0.1, 0.15) is 0 Å². The molecule has 132 valence electrons. The minimum atomic E-state index is -0.739. The molecular formula is C14H13ClN4O5S. The van der Waals surface area contributed by atoms with Crippen molar-refractivity contribution in [3.8, 4) is 11.5 Å². The van der Waals surface area contributed by atoms with Crippen LogP contribution in [0.3, 0.4) is 0 Å². The maximum atomic E-state index is 11.6. The van der Waals surface area contributed by atoms with Gasteiger partial charge in [0, 0.05) is 7.05 Å². The van der Waals surface area contributed by atoms with Crippen LogP contribution < -0.4 is 10.6 Å². The lowest BCUT2D eigenvalue weighted by Gasteiger charge is -2.04. The van der Waals surface area contributed by atoms with Crippen molar-refractivity contribution >= 4 is 41.3 Å². The summed E-state index contributed by atoms with van der Waals surface area (Å²) in [5, 5.41) is 12.4. The molecule has 0 aliphatic heterocycles. The third-order valence-corrected chi connectivity index (χ3v) is 3.79. The molecule has 0 fully saturated rings. The van der Waals surface area contributed by atoms with Crippen LogP contribution in [0.5, 0.6) is 0 Å². The fourth-order valence-corrected chi connectivity index (χ4v) is 2.32. The van der Waals surface area contributed by atoms with Gasteiger partial charge in [-0.25, -0.2) is 4.79 Å². The topological polar surface area (TPSA) is 123 Å². The molecule has 0 spiro atoms. The molecule has 2 N–H and O–H groups in total. The van der Waals surface area contributed by atoms with Gasteiger partial charge in [-0.2, -0.15) is 0 Å². The van der Waals surface area contributed by atoms with Gasteiger partial charge < -0.3 is 14.5 Å². The van der Waals surface area contributed by atoms with Gasteiger partial charge >= 0.3 is 12.0 Å². The summed E-state index contributed by atoms with van der Waals surface area (Å²) in [6.07, 6.45) is 0. The lowest BCUT2D eigenvalue weighted by atomic mass is 10.2. The Bertz CT molecular complexity index is 782. The number of hydrogen-bond acceptors (Lipinski definition) is 8. The number of imide groups is 1. The molecular weight excluding hydrogens is 372 g/mol. The van der Waals surface area contributed by atoms with Gasteiger partial charge in [0.2, 0.25) is 5.89 Å². The van der Waals surface area contributed by atoms with Gasteiger partial charge in [0.15, 0.2) is 6.61 Å². The first kappa shape index (κ1) is 18.7. The van der Waals surface area contributed by atoms with Crippen LogP contribution in [0, 0.1) is 0 Å². The van der Waals surface area contributed by atoms with Crippen LogP contribution >= 0.6 is 23.4 Å². The summed E-state index contributed by atoms with van der Waals surface area (Å²) < 4.78 is 10.1. The Morgan fingerprint density at radius 2 is 2.04 bits per heavy atom. The van der Waals surface area contributed by atoms with Crippen LogP contribution in [0.25, 0.3) is 11.5 Å². The number of ether oxygens (including phenoxy) is 1. The number of nitrogens with zero attached hydrogens (tertiary/aromatic N) is 2. The lowest BCUT2D eigenvalue weighted by molar-refractivity contribution is -0.145. The van der Waals surface area contributed by atoms with Gasteiger partial charge in [0.05, 0.1) is 10.6 Å². The minimum Gasteiger partial charge on any atom is -0.455 e. The molecule has 0 saturated carbocycles. The van der Waals surface area contributed by atoms with Crippen molar-refractivity contribution in [3.63, 3.8) is 0 Å². The fraction of sp³-hybridized carbons (Fsp3) is 0.214. The summed E-state index contributed by atoms with van der Waals surface area (Å²) in [6, 6.07) is 6.28. The predicted octanol–water partition coefficient (Wildman–Crippen LogP) is 1.48. The van der Waals surface area contributed by atoms with Gasteiger partial charge in [-0.15, -0.1) is 10.2 Å². The van der Waals surface area contributed by atoms with Crippen molar-refractivity contribution in [2.75, 3.05) is 19.4 Å². The smallest absolute Gasteiger partial charge is 0.321 e. The molecule has 0 atom stereocenters. The van der Waals surface area contributed by atoms with Crippen LogP contribution in [-0.4, -0.2) is 47.5 Å². The molecule has 11 heteroatoms. The van der Waals surface area contributed by atoms with Gasteiger partial charge in [-0.05, 0) is 12.1 Å². The zero-order valence-electron chi connectivity index (χ0n) is 12.9. The Kier molecular flexibility index (Phi) is 6.78. The Labute approximate surface area is 151 Å². The lowest BCUT2D eigenvalue weighted by Crippen LogP contribution is -2.39. The number of esters is 1. The van der Waals surface area contributed by atoms with Crippen molar-refractivity contribution in [2.45, 2.75) is 5.22 Å². The number of amides is 3. The largest absolute Gasteiger partial charge is 0.455 e. The molecule has 2 aromatic rings. The number of thioether (sulfide) groups is 1. The van der Waals surface area contributed by atoms with Crippen molar-refractivity contribution < 1.29 is 23.5 Å². The number of halogens is 1. The zero-order valence-corrected chi connectivity index (χ0v) is 14.5. The molecule has 0 saturated heterocycles. The first-order chi connectivity index (χ1) is 12.0. The first-order valence-corrected chi connectivity index (χ1v) is 8.24. The minimum absolute atomic E-state index is 0.141. The highest BCUT2D eigenvalue weighted by Gasteiger charge is 2.15. The number of carbonyl (C=O) groups is 3. The maximum absolute atomic E-state index is 11.6. The molecule has 2 rings (SSSR count). The summed E-state index contributed by atoms with van der Waals surface area (Å²) in [4.78, 5) is 33.7. The van der Waals surface area contributed by atoms with Crippen molar-refractivity contribution in [1.82, 2.24) is 20.8 Å². The standard InChI is InChI=1S/C14H13ClN4O5S/c1-16-13(22)17-10(20)6-23-11(21)7-25-14-19-18-12(24-14)8-4-2-3-5-9(8)15/h2-5H,6-7H2,1H3,(H2,16,17,20,22). The molecule has 9 nitrogen and oxygen atoms in total. The quantitative estimate of drug-likeness (QED) is 0.567. The molecule has 0 bridgehead atoms. The average molecular weight is 385 g/mol. The van der Waals surface area contributed by atoms with Crippen molar-refractivity contribution in [1.29, 1.82) is 0 Å². The van der Waals surface area contributed by atoms with Gasteiger partial charge in [-0.1, -0.05) is 35.5 Å². The van der Waals surface area contributed by atoms with E-state index in [0.717, 1.165) is 11.8 Å². The highest BCUT2D eigenvalue weighted by molar-refractivity contribution is 7.99. The second-order valence-corrected chi connectivity index (χ2v) is 5.76.